The van der Waals surface area contributed by atoms with E-state index in [0.29, 0.717) is 30.8 Å². The van der Waals surface area contributed by atoms with Gasteiger partial charge >= 0.3 is 0 Å². The lowest BCUT2D eigenvalue weighted by molar-refractivity contribution is -0.134. The molecular formula is C21H23N3O4. The van der Waals surface area contributed by atoms with Crippen LogP contribution in [-0.4, -0.2) is 64.6 Å². The zero-order valence-corrected chi connectivity index (χ0v) is 15.8. The average Bonchev–Trinajstić information content (AvgIpc) is 3.21. The Labute approximate surface area is 163 Å². The van der Waals surface area contributed by atoms with E-state index in [1.807, 2.05) is 12.1 Å². The van der Waals surface area contributed by atoms with Crippen LogP contribution in [0.1, 0.15) is 39.8 Å². The van der Waals surface area contributed by atoms with Crippen LogP contribution >= 0.6 is 0 Å². The number of benzene rings is 1. The Bertz CT molecular complexity index is 858. The zero-order chi connectivity index (χ0) is 19.7. The number of nitrogens with zero attached hydrogens (tertiary/aromatic N) is 3. The molecule has 1 fully saturated rings. The molecule has 0 spiro atoms. The van der Waals surface area contributed by atoms with Crippen molar-refractivity contribution in [3.05, 3.63) is 59.5 Å². The Morgan fingerprint density at radius 2 is 1.71 bits per heavy atom. The molecule has 0 saturated carbocycles. The third kappa shape index (κ3) is 3.33. The van der Waals surface area contributed by atoms with Gasteiger partial charge in [-0.1, -0.05) is 12.1 Å². The summed E-state index contributed by atoms with van der Waals surface area (Å²) < 4.78 is 5.41. The molecule has 1 atom stereocenters. The maximum atomic E-state index is 13.0. The van der Waals surface area contributed by atoms with Gasteiger partial charge in [-0.2, -0.15) is 0 Å². The topological polar surface area (TPSA) is 74.1 Å². The standard InChI is InChI=1S/C21H23N3O4/c1-15(24-20(26)17-7-2-3-8-18(17)21(24)27)19(25)23-10-5-9-22(11-12-23)14-16-6-4-13-28-16/h2-4,6-8,13,15H,5,9-12,14H2,1H3. The number of fused-ring (bicyclic) bond motifs is 1. The molecular weight excluding hydrogens is 358 g/mol. The Hall–Kier alpha value is -2.93. The molecule has 1 unspecified atom stereocenters. The second-order valence-electron chi connectivity index (χ2n) is 7.24. The highest BCUT2D eigenvalue weighted by molar-refractivity contribution is 6.22. The maximum Gasteiger partial charge on any atom is 0.262 e. The molecule has 1 saturated heterocycles. The maximum absolute atomic E-state index is 13.0. The second kappa shape index (κ2) is 7.59. The van der Waals surface area contributed by atoms with Gasteiger partial charge in [-0.25, -0.2) is 0 Å². The Kier molecular flexibility index (Phi) is 5.00. The molecule has 3 amide bonds. The number of rotatable bonds is 4. The molecule has 28 heavy (non-hydrogen) atoms. The van der Waals surface area contributed by atoms with Gasteiger partial charge in [-0.15, -0.1) is 0 Å². The Morgan fingerprint density at radius 3 is 2.36 bits per heavy atom. The van der Waals surface area contributed by atoms with Crippen LogP contribution in [0.4, 0.5) is 0 Å². The number of imide groups is 1. The number of carbonyl (C=O) groups excluding carboxylic acids is 3. The summed E-state index contributed by atoms with van der Waals surface area (Å²) in [6.07, 6.45) is 2.49. The molecule has 0 radical (unpaired) electrons. The lowest BCUT2D eigenvalue weighted by atomic mass is 10.1. The molecule has 0 aliphatic carbocycles. The smallest absolute Gasteiger partial charge is 0.262 e. The van der Waals surface area contributed by atoms with Gasteiger partial charge in [0.2, 0.25) is 5.91 Å². The van der Waals surface area contributed by atoms with Gasteiger partial charge < -0.3 is 9.32 Å². The summed E-state index contributed by atoms with van der Waals surface area (Å²) in [5, 5.41) is 0. The predicted octanol–water partition coefficient (Wildman–Crippen LogP) is 2.00. The summed E-state index contributed by atoms with van der Waals surface area (Å²) >= 11 is 0. The van der Waals surface area contributed by atoms with E-state index in [-0.39, 0.29) is 5.91 Å². The number of hydrogen-bond donors (Lipinski definition) is 0. The van der Waals surface area contributed by atoms with Crippen LogP contribution in [0, 0.1) is 0 Å². The minimum Gasteiger partial charge on any atom is -0.468 e. The van der Waals surface area contributed by atoms with Crippen LogP contribution in [-0.2, 0) is 11.3 Å². The summed E-state index contributed by atoms with van der Waals surface area (Å²) in [7, 11) is 0. The van der Waals surface area contributed by atoms with E-state index in [4.69, 9.17) is 4.42 Å². The molecule has 1 aromatic carbocycles. The molecule has 2 aromatic rings. The minimum atomic E-state index is -0.816. The fraction of sp³-hybridized carbons (Fsp3) is 0.381. The molecule has 0 N–H and O–H groups in total. The normalized spacial score (nSPS) is 18.9. The molecule has 2 aliphatic rings. The molecule has 7 nitrogen and oxygen atoms in total. The zero-order valence-electron chi connectivity index (χ0n) is 15.8. The van der Waals surface area contributed by atoms with E-state index in [2.05, 4.69) is 4.90 Å². The van der Waals surface area contributed by atoms with Crippen molar-refractivity contribution in [3.8, 4) is 0 Å². The summed E-state index contributed by atoms with van der Waals surface area (Å²) in [5.41, 5.74) is 0.736. The van der Waals surface area contributed by atoms with Gasteiger partial charge in [-0.05, 0) is 37.6 Å². The number of carbonyl (C=O) groups is 3. The fourth-order valence-electron chi connectivity index (χ4n) is 3.91. The third-order valence-corrected chi connectivity index (χ3v) is 5.43. The Balaban J connectivity index is 1.42. The number of furan rings is 1. The first-order valence-electron chi connectivity index (χ1n) is 9.56. The summed E-state index contributed by atoms with van der Waals surface area (Å²) in [4.78, 5) is 43.4. The molecule has 3 heterocycles. The predicted molar refractivity (Wildman–Crippen MR) is 102 cm³/mol. The van der Waals surface area contributed by atoms with Crippen LogP contribution in [0.3, 0.4) is 0 Å². The first-order valence-corrected chi connectivity index (χ1v) is 9.56. The average molecular weight is 381 g/mol. The van der Waals surface area contributed by atoms with Gasteiger partial charge in [0.1, 0.15) is 11.8 Å². The fourth-order valence-corrected chi connectivity index (χ4v) is 3.91. The van der Waals surface area contributed by atoms with Crippen LogP contribution in [0.25, 0.3) is 0 Å². The van der Waals surface area contributed by atoms with Gasteiger partial charge in [0.15, 0.2) is 0 Å². The van der Waals surface area contributed by atoms with E-state index < -0.39 is 17.9 Å². The largest absolute Gasteiger partial charge is 0.468 e. The lowest BCUT2D eigenvalue weighted by Gasteiger charge is -2.28. The van der Waals surface area contributed by atoms with Crippen molar-refractivity contribution in [1.29, 1.82) is 0 Å². The molecule has 2 aliphatic heterocycles. The van der Waals surface area contributed by atoms with E-state index in [0.717, 1.165) is 30.2 Å². The van der Waals surface area contributed by atoms with Gasteiger partial charge in [0, 0.05) is 26.2 Å². The van der Waals surface area contributed by atoms with Crippen molar-refractivity contribution in [2.45, 2.75) is 25.9 Å². The van der Waals surface area contributed by atoms with Gasteiger partial charge in [0.05, 0.1) is 23.9 Å². The third-order valence-electron chi connectivity index (χ3n) is 5.43. The van der Waals surface area contributed by atoms with Gasteiger partial charge in [0.25, 0.3) is 11.8 Å². The molecule has 7 heteroatoms. The van der Waals surface area contributed by atoms with E-state index in [1.54, 1.807) is 42.4 Å². The molecule has 1 aromatic heterocycles. The SMILES string of the molecule is CC(C(=O)N1CCCN(Cc2ccco2)CC1)N1C(=O)c2ccccc2C1=O. The van der Waals surface area contributed by atoms with E-state index in [1.165, 1.54) is 0 Å². The van der Waals surface area contributed by atoms with Gasteiger partial charge in [-0.3, -0.25) is 24.2 Å². The van der Waals surface area contributed by atoms with E-state index >= 15 is 0 Å². The molecule has 0 bridgehead atoms. The number of hydrogen-bond acceptors (Lipinski definition) is 5. The first-order chi connectivity index (χ1) is 13.6. The minimum absolute atomic E-state index is 0.186. The van der Waals surface area contributed by atoms with Crippen LogP contribution < -0.4 is 0 Å². The van der Waals surface area contributed by atoms with Crippen molar-refractivity contribution < 1.29 is 18.8 Å². The monoisotopic (exact) mass is 381 g/mol. The Morgan fingerprint density at radius 1 is 1.00 bits per heavy atom. The quantitative estimate of drug-likeness (QED) is 0.758. The highest BCUT2D eigenvalue weighted by Crippen LogP contribution is 2.25. The molecule has 146 valence electrons. The summed E-state index contributed by atoms with van der Waals surface area (Å²) in [6, 6.07) is 9.70. The molecule has 4 rings (SSSR count). The van der Waals surface area contributed by atoms with Crippen molar-refractivity contribution in [3.63, 3.8) is 0 Å². The van der Waals surface area contributed by atoms with Crippen LogP contribution in [0.5, 0.6) is 0 Å². The van der Waals surface area contributed by atoms with Crippen molar-refractivity contribution in [2.24, 2.45) is 0 Å². The first kappa shape index (κ1) is 18.4. The summed E-state index contributed by atoms with van der Waals surface area (Å²) in [6.45, 7) is 5.11. The van der Waals surface area contributed by atoms with Crippen molar-refractivity contribution >= 4 is 17.7 Å². The highest BCUT2D eigenvalue weighted by atomic mass is 16.3. The second-order valence-corrected chi connectivity index (χ2v) is 7.24. The van der Waals surface area contributed by atoms with Crippen LogP contribution in [0.15, 0.2) is 47.1 Å². The highest BCUT2D eigenvalue weighted by Gasteiger charge is 2.41. The van der Waals surface area contributed by atoms with Crippen molar-refractivity contribution in [1.82, 2.24) is 14.7 Å². The van der Waals surface area contributed by atoms with Crippen LogP contribution in [0.2, 0.25) is 0 Å². The van der Waals surface area contributed by atoms with E-state index in [9.17, 15) is 14.4 Å². The summed E-state index contributed by atoms with van der Waals surface area (Å²) in [5.74, 6) is -0.0695. The number of amides is 3. The lowest BCUT2D eigenvalue weighted by Crippen LogP contribution is -2.50. The van der Waals surface area contributed by atoms with Crippen molar-refractivity contribution in [2.75, 3.05) is 26.2 Å².